The van der Waals surface area contributed by atoms with Crippen LogP contribution in [0.1, 0.15) is 33.1 Å². The Morgan fingerprint density at radius 3 is 2.78 bits per heavy atom. The van der Waals surface area contributed by atoms with Gasteiger partial charge in [-0.15, -0.1) is 0 Å². The molecule has 1 atom stereocenters. The van der Waals surface area contributed by atoms with Gasteiger partial charge in [0.05, 0.1) is 10.7 Å². The van der Waals surface area contributed by atoms with Crippen LogP contribution in [0.15, 0.2) is 24.3 Å². The molecule has 1 aliphatic heterocycles. The van der Waals surface area contributed by atoms with E-state index in [9.17, 15) is 0 Å². The molecule has 0 spiro atoms. The zero-order chi connectivity index (χ0) is 13.2. The van der Waals surface area contributed by atoms with Crippen molar-refractivity contribution in [3.05, 3.63) is 29.3 Å². The van der Waals surface area contributed by atoms with Crippen molar-refractivity contribution in [3.63, 3.8) is 0 Å². The number of nitrogens with two attached hydrogens (primary N) is 1. The van der Waals surface area contributed by atoms with Crippen molar-refractivity contribution < 1.29 is 0 Å². The SMILES string of the molecule is CC1(C)CCC(CCN)CN1c1ccccc1Cl. The molecule has 3 heteroatoms. The van der Waals surface area contributed by atoms with E-state index in [2.05, 4.69) is 30.9 Å². The van der Waals surface area contributed by atoms with Gasteiger partial charge in [0.25, 0.3) is 0 Å². The molecule has 1 fully saturated rings. The number of piperidine rings is 1. The lowest BCUT2D eigenvalue weighted by Crippen LogP contribution is -2.51. The highest BCUT2D eigenvalue weighted by molar-refractivity contribution is 6.33. The van der Waals surface area contributed by atoms with E-state index in [-0.39, 0.29) is 5.54 Å². The zero-order valence-electron chi connectivity index (χ0n) is 11.3. The van der Waals surface area contributed by atoms with Crippen LogP contribution < -0.4 is 10.6 Å². The smallest absolute Gasteiger partial charge is 0.0639 e. The van der Waals surface area contributed by atoms with Gasteiger partial charge in [0, 0.05) is 12.1 Å². The molecule has 2 N–H and O–H groups in total. The number of hydrogen-bond donors (Lipinski definition) is 1. The molecule has 0 amide bonds. The summed E-state index contributed by atoms with van der Waals surface area (Å²) in [7, 11) is 0. The van der Waals surface area contributed by atoms with Crippen LogP contribution in [-0.4, -0.2) is 18.6 Å². The third kappa shape index (κ3) is 2.81. The van der Waals surface area contributed by atoms with E-state index in [1.807, 2.05) is 12.1 Å². The summed E-state index contributed by atoms with van der Waals surface area (Å²) in [6.07, 6.45) is 3.57. The molecule has 18 heavy (non-hydrogen) atoms. The van der Waals surface area contributed by atoms with Gasteiger partial charge < -0.3 is 10.6 Å². The predicted octanol–water partition coefficient (Wildman–Crippen LogP) is 3.68. The maximum Gasteiger partial charge on any atom is 0.0639 e. The quantitative estimate of drug-likeness (QED) is 0.904. The molecule has 1 aromatic rings. The van der Waals surface area contributed by atoms with Gasteiger partial charge in [0.15, 0.2) is 0 Å². The molecule has 0 saturated carbocycles. The van der Waals surface area contributed by atoms with E-state index in [4.69, 9.17) is 17.3 Å². The van der Waals surface area contributed by atoms with E-state index in [0.29, 0.717) is 5.92 Å². The molecule has 0 radical (unpaired) electrons. The maximum absolute atomic E-state index is 6.34. The first-order chi connectivity index (χ1) is 8.54. The Balaban J connectivity index is 2.24. The Hall–Kier alpha value is -0.730. The van der Waals surface area contributed by atoms with Crippen LogP contribution in [0.2, 0.25) is 5.02 Å². The van der Waals surface area contributed by atoms with Crippen LogP contribution in [-0.2, 0) is 0 Å². The maximum atomic E-state index is 6.34. The number of nitrogens with zero attached hydrogens (tertiary/aromatic N) is 1. The molecule has 0 aliphatic carbocycles. The summed E-state index contributed by atoms with van der Waals surface area (Å²) in [4.78, 5) is 2.46. The average Bonchev–Trinajstić information content (AvgIpc) is 2.33. The summed E-state index contributed by atoms with van der Waals surface area (Å²) in [5, 5.41) is 0.846. The molecule has 1 aliphatic rings. The van der Waals surface area contributed by atoms with Gasteiger partial charge in [-0.25, -0.2) is 0 Å². The average molecular weight is 267 g/mol. The third-order valence-corrected chi connectivity index (χ3v) is 4.37. The van der Waals surface area contributed by atoms with Gasteiger partial charge in [0.2, 0.25) is 0 Å². The summed E-state index contributed by atoms with van der Waals surface area (Å²) in [6, 6.07) is 8.14. The minimum absolute atomic E-state index is 0.177. The van der Waals surface area contributed by atoms with Gasteiger partial charge in [-0.3, -0.25) is 0 Å². The van der Waals surface area contributed by atoms with Crippen molar-refractivity contribution in [2.24, 2.45) is 11.7 Å². The number of hydrogen-bond acceptors (Lipinski definition) is 2. The van der Waals surface area contributed by atoms with Crippen molar-refractivity contribution in [3.8, 4) is 0 Å². The fraction of sp³-hybridized carbons (Fsp3) is 0.600. The van der Waals surface area contributed by atoms with E-state index in [1.54, 1.807) is 0 Å². The summed E-state index contributed by atoms with van der Waals surface area (Å²) < 4.78 is 0. The Labute approximate surface area is 115 Å². The topological polar surface area (TPSA) is 29.3 Å². The first-order valence-electron chi connectivity index (χ1n) is 6.77. The zero-order valence-corrected chi connectivity index (χ0v) is 12.1. The highest BCUT2D eigenvalue weighted by Crippen LogP contribution is 2.38. The van der Waals surface area contributed by atoms with Crippen LogP contribution in [0.25, 0.3) is 0 Å². The summed E-state index contributed by atoms with van der Waals surface area (Å²) in [5.74, 6) is 0.694. The first-order valence-corrected chi connectivity index (χ1v) is 7.14. The van der Waals surface area contributed by atoms with Crippen molar-refractivity contribution in [2.45, 2.75) is 38.6 Å². The highest BCUT2D eigenvalue weighted by Gasteiger charge is 2.34. The fourth-order valence-electron chi connectivity index (χ4n) is 2.86. The molecule has 1 unspecified atom stereocenters. The Morgan fingerprint density at radius 2 is 2.11 bits per heavy atom. The lowest BCUT2D eigenvalue weighted by molar-refractivity contribution is 0.282. The fourth-order valence-corrected chi connectivity index (χ4v) is 3.09. The van der Waals surface area contributed by atoms with Crippen molar-refractivity contribution in [2.75, 3.05) is 18.0 Å². The molecule has 2 rings (SSSR count). The molecule has 1 saturated heterocycles. The van der Waals surface area contributed by atoms with Crippen LogP contribution in [0.3, 0.4) is 0 Å². The highest BCUT2D eigenvalue weighted by atomic mass is 35.5. The standard InChI is InChI=1S/C15H23ClN2/c1-15(2)9-7-12(8-10-17)11-18(15)14-6-4-3-5-13(14)16/h3-6,12H,7-11,17H2,1-2H3. The number of halogens is 1. The minimum atomic E-state index is 0.177. The lowest BCUT2D eigenvalue weighted by atomic mass is 9.83. The second-order valence-electron chi connectivity index (χ2n) is 5.86. The molecular formula is C15H23ClN2. The van der Waals surface area contributed by atoms with Crippen LogP contribution >= 0.6 is 11.6 Å². The van der Waals surface area contributed by atoms with Crippen molar-refractivity contribution >= 4 is 17.3 Å². The number of anilines is 1. The first kappa shape index (κ1) is 13.7. The van der Waals surface area contributed by atoms with Crippen LogP contribution in [0.4, 0.5) is 5.69 Å². The largest absolute Gasteiger partial charge is 0.365 e. The third-order valence-electron chi connectivity index (χ3n) is 4.05. The molecule has 100 valence electrons. The molecule has 1 heterocycles. The second kappa shape index (κ2) is 5.50. The van der Waals surface area contributed by atoms with Gasteiger partial charge in [-0.2, -0.15) is 0 Å². The van der Waals surface area contributed by atoms with Crippen molar-refractivity contribution in [1.82, 2.24) is 0 Å². The Kier molecular flexibility index (Phi) is 4.18. The second-order valence-corrected chi connectivity index (χ2v) is 6.26. The normalized spacial score (nSPS) is 23.1. The molecule has 1 aromatic carbocycles. The van der Waals surface area contributed by atoms with E-state index in [1.165, 1.54) is 12.8 Å². The molecule has 2 nitrogen and oxygen atoms in total. The minimum Gasteiger partial charge on any atom is -0.365 e. The summed E-state index contributed by atoms with van der Waals surface area (Å²) >= 11 is 6.34. The number of benzene rings is 1. The molecule has 0 bridgehead atoms. The van der Waals surface area contributed by atoms with Gasteiger partial charge in [0.1, 0.15) is 0 Å². The molecular weight excluding hydrogens is 244 g/mol. The monoisotopic (exact) mass is 266 g/mol. The predicted molar refractivity (Wildman–Crippen MR) is 79.3 cm³/mol. The van der Waals surface area contributed by atoms with Crippen LogP contribution in [0.5, 0.6) is 0 Å². The van der Waals surface area contributed by atoms with E-state index < -0.39 is 0 Å². The van der Waals surface area contributed by atoms with Gasteiger partial charge in [-0.05, 0) is 57.7 Å². The Morgan fingerprint density at radius 1 is 1.39 bits per heavy atom. The molecule has 0 aromatic heterocycles. The summed E-state index contributed by atoms with van der Waals surface area (Å²) in [5.41, 5.74) is 7.03. The number of rotatable bonds is 3. The van der Waals surface area contributed by atoms with Gasteiger partial charge >= 0.3 is 0 Å². The number of para-hydroxylation sites is 1. The summed E-state index contributed by atoms with van der Waals surface area (Å²) in [6.45, 7) is 6.44. The van der Waals surface area contributed by atoms with E-state index in [0.717, 1.165) is 30.2 Å². The van der Waals surface area contributed by atoms with Crippen molar-refractivity contribution in [1.29, 1.82) is 0 Å². The Bertz CT molecular complexity index is 403. The lowest BCUT2D eigenvalue weighted by Gasteiger charge is -2.47. The van der Waals surface area contributed by atoms with Gasteiger partial charge in [-0.1, -0.05) is 23.7 Å². The van der Waals surface area contributed by atoms with Crippen LogP contribution in [0, 0.1) is 5.92 Å². The van der Waals surface area contributed by atoms with E-state index >= 15 is 0 Å².